The summed E-state index contributed by atoms with van der Waals surface area (Å²) in [6.07, 6.45) is 1.58. The quantitative estimate of drug-likeness (QED) is 0.587. The summed E-state index contributed by atoms with van der Waals surface area (Å²) in [6, 6.07) is 6.29. The van der Waals surface area contributed by atoms with E-state index in [0.29, 0.717) is 10.6 Å². The first-order chi connectivity index (χ1) is 16.3. The van der Waals surface area contributed by atoms with E-state index < -0.39 is 49.5 Å². The molecule has 1 unspecified atom stereocenters. The number of carbonyl (C=O) groups is 1. The highest BCUT2D eigenvalue weighted by atomic mass is 35.5. The number of pyridine rings is 1. The van der Waals surface area contributed by atoms with Crippen LogP contribution in [0, 0.1) is 12.7 Å². The summed E-state index contributed by atoms with van der Waals surface area (Å²) in [6.45, 7) is 1.75. The van der Waals surface area contributed by atoms with Gasteiger partial charge in [0.15, 0.2) is 0 Å². The average Bonchev–Trinajstić information content (AvgIpc) is 2.78. The molecule has 2 aromatic rings. The Bertz CT molecular complexity index is 1140. The van der Waals surface area contributed by atoms with Crippen LogP contribution in [0.3, 0.4) is 0 Å². The van der Waals surface area contributed by atoms with Gasteiger partial charge in [0.1, 0.15) is 5.82 Å². The predicted octanol–water partition coefficient (Wildman–Crippen LogP) is -0.481. The van der Waals surface area contributed by atoms with Crippen LogP contribution in [-0.4, -0.2) is 109 Å². The lowest BCUT2D eigenvalue weighted by molar-refractivity contribution is -0.0263. The van der Waals surface area contributed by atoms with Gasteiger partial charge in [-0.05, 0) is 47.4 Å². The zero-order chi connectivity index (χ0) is 27.5. The zero-order valence-electron chi connectivity index (χ0n) is 19.4. The summed E-state index contributed by atoms with van der Waals surface area (Å²) in [5.41, 5.74) is -2.29. The highest BCUT2D eigenvalue weighted by Gasteiger charge is 2.71. The molecule has 16 heteroatoms. The molecule has 36 heavy (non-hydrogen) atoms. The second kappa shape index (κ2) is 9.37. The van der Waals surface area contributed by atoms with Crippen LogP contribution in [0.2, 0.25) is 15.5 Å². The number of rotatable bonds is 5. The lowest BCUT2D eigenvalue weighted by Crippen LogP contribution is -2.86. The first kappa shape index (κ1) is 29.1. The third-order valence-corrected chi connectivity index (χ3v) is 6.83. The number of likely N-dealkylation sites (tertiary alicyclic amines) is 1. The molecule has 0 bridgehead atoms. The molecule has 1 atom stereocenters. The minimum absolute atomic E-state index is 0.0830. The third kappa shape index (κ3) is 4.13. The number of aryl methyl sites for hydroxylation is 1. The van der Waals surface area contributed by atoms with Gasteiger partial charge in [-0.25, -0.2) is 8.78 Å². The second-order valence-corrected chi connectivity index (χ2v) is 9.46. The molecule has 1 aromatic heterocycles. The Morgan fingerprint density at radius 3 is 2.08 bits per heavy atom. The number of amides is 1. The molecule has 2 heterocycles. The second-order valence-electron chi connectivity index (χ2n) is 9.06. The number of carbonyl (C=O) groups excluding carboxylic acids is 1. The van der Waals surface area contributed by atoms with E-state index in [-0.39, 0.29) is 12.1 Å². The molecule has 0 saturated carbocycles. The maximum atomic E-state index is 17.0. The monoisotopic (exact) mass is 483 g/mol. The smallest absolute Gasteiger partial charge is 0.252 e. The summed E-state index contributed by atoms with van der Waals surface area (Å²) < 4.78 is 30.6. The minimum Gasteiger partial charge on any atom is -0.363 e. The molecule has 1 amide bonds. The van der Waals surface area contributed by atoms with Gasteiger partial charge in [-0.3, -0.25) is 9.78 Å². The normalized spacial score (nSPS) is 21.9. The van der Waals surface area contributed by atoms with Crippen LogP contribution in [0.4, 0.5) is 8.78 Å². The van der Waals surface area contributed by atoms with E-state index in [1.807, 2.05) is 6.92 Å². The van der Waals surface area contributed by atoms with Gasteiger partial charge in [-0.2, -0.15) is 0 Å². The highest BCUT2D eigenvalue weighted by Crippen LogP contribution is 2.65. The Labute approximate surface area is 226 Å². The van der Waals surface area contributed by atoms with Gasteiger partial charge >= 0.3 is 0 Å². The summed E-state index contributed by atoms with van der Waals surface area (Å²) >= 11 is 5.77. The fraction of sp³-hybridized carbons (Fsp3) is 0.400. The zero-order valence-corrected chi connectivity index (χ0v) is 20.1. The van der Waals surface area contributed by atoms with Crippen LogP contribution >= 0.6 is 11.6 Å². The molecule has 1 aliphatic rings. The summed E-state index contributed by atoms with van der Waals surface area (Å²) in [7, 11) is 55.3. The number of hydrogen-bond acceptors (Lipinski definition) is 3. The maximum absolute atomic E-state index is 17.0. The van der Waals surface area contributed by atoms with E-state index in [1.54, 1.807) is 18.3 Å². The first-order valence-corrected chi connectivity index (χ1v) is 10.9. The molecule has 1 aromatic carbocycles. The van der Waals surface area contributed by atoms with Crippen molar-refractivity contribution in [1.82, 2.24) is 15.2 Å². The summed E-state index contributed by atoms with van der Waals surface area (Å²) in [5, 5.41) is -9.44. The molecule has 1 N–H and O–H groups in total. The lowest BCUT2D eigenvalue weighted by Gasteiger charge is -2.77. The number of aromatic nitrogens is 1. The van der Waals surface area contributed by atoms with Gasteiger partial charge in [0.2, 0.25) is 0 Å². The van der Waals surface area contributed by atoms with E-state index in [2.05, 4.69) is 10.3 Å². The third-order valence-electron chi connectivity index (χ3n) is 6.54. The number of piperidine rings is 1. The Balaban J connectivity index is 2.07. The van der Waals surface area contributed by atoms with Crippen molar-refractivity contribution in [3.8, 4) is 0 Å². The van der Waals surface area contributed by atoms with Crippen molar-refractivity contribution in [2.24, 2.45) is 0 Å². The number of nitrogens with one attached hydrogen (secondary N) is 1. The van der Waals surface area contributed by atoms with Crippen molar-refractivity contribution in [1.29, 1.82) is 0 Å². The van der Waals surface area contributed by atoms with Crippen molar-refractivity contribution in [2.45, 2.75) is 46.2 Å². The topological polar surface area (TPSA) is 45.2 Å². The number of hydrogen-bond donors (Lipinski definition) is 1. The summed E-state index contributed by atoms with van der Waals surface area (Å²) in [5.74, 6) is -3.87. The Kier molecular flexibility index (Phi) is 7.58. The van der Waals surface area contributed by atoms with Gasteiger partial charge in [-0.1, -0.05) is 28.1 Å². The van der Waals surface area contributed by atoms with Crippen molar-refractivity contribution in [2.75, 3.05) is 0 Å². The van der Waals surface area contributed by atoms with Crippen molar-refractivity contribution in [3.63, 3.8) is 0 Å². The molecule has 1 saturated heterocycles. The van der Waals surface area contributed by atoms with Crippen molar-refractivity contribution in [3.05, 3.63) is 64.2 Å². The molecule has 0 spiro atoms. The van der Waals surface area contributed by atoms with Gasteiger partial charge in [-0.15, -0.1) is 0 Å². The van der Waals surface area contributed by atoms with Crippen LogP contribution in [-0.2, 0) is 6.54 Å². The van der Waals surface area contributed by atoms with Crippen LogP contribution in [0.1, 0.15) is 21.6 Å². The van der Waals surface area contributed by atoms with Crippen molar-refractivity contribution >= 4 is 88.1 Å². The number of benzene rings is 1. The SMILES string of the molecule is [B]C(NCc1ccc(C)cn1)C1(F)C([B])([B])C([B])([B])N(C(=O)c2ccc(F)c(Cl)c2)C([B])([B])C1([B])[B]. The van der Waals surface area contributed by atoms with E-state index in [1.165, 1.54) is 0 Å². The van der Waals surface area contributed by atoms with E-state index in [0.717, 1.165) is 23.8 Å². The van der Waals surface area contributed by atoms with Crippen molar-refractivity contribution < 1.29 is 13.6 Å². The molecular formula is C20H13B9ClF2N3O. The van der Waals surface area contributed by atoms with Gasteiger partial charge in [0, 0.05) is 24.2 Å². The molecule has 0 aliphatic carbocycles. The van der Waals surface area contributed by atoms with E-state index in [4.69, 9.17) is 82.2 Å². The number of nitrogens with zero attached hydrogens (tertiary/aromatic N) is 2. The molecular weight excluding hydrogens is 469 g/mol. The summed E-state index contributed by atoms with van der Waals surface area (Å²) in [4.78, 5) is 17.9. The Morgan fingerprint density at radius 1 is 1.06 bits per heavy atom. The van der Waals surface area contributed by atoms with Gasteiger partial charge in [0.25, 0.3) is 5.91 Å². The van der Waals surface area contributed by atoms with Crippen LogP contribution in [0.25, 0.3) is 0 Å². The number of halogens is 3. The first-order valence-electron chi connectivity index (χ1n) is 10.5. The molecule has 1 aliphatic heterocycles. The average molecular weight is 482 g/mol. The van der Waals surface area contributed by atoms with Crippen LogP contribution in [0.5, 0.6) is 0 Å². The fourth-order valence-electron chi connectivity index (χ4n) is 4.17. The molecule has 1 fully saturated rings. The molecule has 3 rings (SSSR count). The number of alkyl halides is 1. The molecule has 4 nitrogen and oxygen atoms in total. The van der Waals surface area contributed by atoms with Gasteiger partial charge in [0.05, 0.1) is 87.0 Å². The Hall–Kier alpha value is -1.47. The highest BCUT2D eigenvalue weighted by molar-refractivity contribution is 6.62. The standard InChI is InChI=1S/C20H13B9ClF2N3O/c1-9-2-4-11(33-7-9)8-34-15(21)16(32)17(22,23)19(26,27)35(20(28,29)18(16,24)25)14(36)10-3-5-13(31)12(30)6-10/h2-7,15,34H,8H2,1H3. The van der Waals surface area contributed by atoms with Crippen LogP contribution < -0.4 is 5.32 Å². The maximum Gasteiger partial charge on any atom is 0.252 e. The van der Waals surface area contributed by atoms with Crippen LogP contribution in [0.15, 0.2) is 36.5 Å². The van der Waals surface area contributed by atoms with Gasteiger partial charge < -0.3 is 10.2 Å². The fourth-order valence-corrected chi connectivity index (χ4v) is 4.35. The van der Waals surface area contributed by atoms with E-state index in [9.17, 15) is 9.18 Å². The largest absolute Gasteiger partial charge is 0.363 e. The Morgan fingerprint density at radius 2 is 1.61 bits per heavy atom. The lowest BCUT2D eigenvalue weighted by atomic mass is 9.14. The molecule has 162 valence electrons. The van der Waals surface area contributed by atoms with E-state index >= 15 is 4.39 Å². The minimum atomic E-state index is -3.35. The molecule has 18 radical (unpaired) electrons. The predicted molar refractivity (Wildman–Crippen MR) is 144 cm³/mol.